The van der Waals surface area contributed by atoms with Crippen LogP contribution in [0.4, 0.5) is 11.4 Å². The van der Waals surface area contributed by atoms with E-state index in [4.69, 9.17) is 9.47 Å². The molecule has 2 N–H and O–H groups in total. The summed E-state index contributed by atoms with van der Waals surface area (Å²) < 4.78 is 11.6. The second-order valence-electron chi connectivity index (χ2n) is 7.61. The lowest BCUT2D eigenvalue weighted by Gasteiger charge is -2.21. The van der Waals surface area contributed by atoms with E-state index in [0.29, 0.717) is 24.1 Å². The van der Waals surface area contributed by atoms with Crippen molar-refractivity contribution in [3.8, 4) is 11.5 Å². The Kier molecular flexibility index (Phi) is 7.21. The molecule has 3 rings (SSSR count). The van der Waals surface area contributed by atoms with Gasteiger partial charge in [-0.2, -0.15) is 0 Å². The number of carbonyl (C=O) groups is 1. The molecular weight excluding hydrogens is 342 g/mol. The summed E-state index contributed by atoms with van der Waals surface area (Å²) in [7, 11) is 1.66. The zero-order chi connectivity index (χ0) is 19.1. The molecule has 0 radical (unpaired) electrons. The molecule has 1 saturated heterocycles. The van der Waals surface area contributed by atoms with E-state index < -0.39 is 0 Å². The molecule has 0 atom stereocenters. The SMILES string of the molecule is COc1cc(NC2CCCC2)c(NC(C)=O)cc1OCCCN1CCCC1. The number of ether oxygens (including phenoxy) is 2. The van der Waals surface area contributed by atoms with E-state index in [1.54, 1.807) is 7.11 Å². The average molecular weight is 376 g/mol. The molecule has 1 aliphatic carbocycles. The highest BCUT2D eigenvalue weighted by molar-refractivity contribution is 5.93. The molecule has 1 saturated carbocycles. The monoisotopic (exact) mass is 375 g/mol. The molecule has 0 unspecified atom stereocenters. The number of amides is 1. The lowest BCUT2D eigenvalue weighted by Crippen LogP contribution is -2.22. The van der Waals surface area contributed by atoms with Crippen LogP contribution in [0.2, 0.25) is 0 Å². The predicted molar refractivity (Wildman–Crippen MR) is 109 cm³/mol. The zero-order valence-electron chi connectivity index (χ0n) is 16.7. The van der Waals surface area contributed by atoms with Crippen molar-refractivity contribution in [1.82, 2.24) is 4.90 Å². The summed E-state index contributed by atoms with van der Waals surface area (Å²) in [6, 6.07) is 4.28. The van der Waals surface area contributed by atoms with Crippen LogP contribution in [-0.4, -0.2) is 50.2 Å². The summed E-state index contributed by atoms with van der Waals surface area (Å²) in [5, 5.41) is 6.49. The van der Waals surface area contributed by atoms with Crippen molar-refractivity contribution in [2.45, 2.75) is 57.9 Å². The number of methoxy groups -OCH3 is 1. The van der Waals surface area contributed by atoms with E-state index in [1.807, 2.05) is 12.1 Å². The Bertz CT molecular complexity index is 623. The maximum Gasteiger partial charge on any atom is 0.221 e. The molecule has 1 aliphatic heterocycles. The third-order valence-electron chi connectivity index (χ3n) is 5.40. The molecule has 0 spiro atoms. The predicted octanol–water partition coefficient (Wildman–Crippen LogP) is 3.87. The van der Waals surface area contributed by atoms with E-state index in [1.165, 1.54) is 45.7 Å². The summed E-state index contributed by atoms with van der Waals surface area (Å²) in [6.07, 6.45) is 8.44. The van der Waals surface area contributed by atoms with Crippen LogP contribution in [0.3, 0.4) is 0 Å². The Morgan fingerprint density at radius 3 is 2.48 bits per heavy atom. The van der Waals surface area contributed by atoms with Gasteiger partial charge >= 0.3 is 0 Å². The molecule has 1 amide bonds. The highest BCUT2D eigenvalue weighted by Gasteiger charge is 2.19. The molecule has 6 nitrogen and oxygen atoms in total. The number of likely N-dealkylation sites (tertiary alicyclic amines) is 1. The zero-order valence-corrected chi connectivity index (χ0v) is 16.7. The van der Waals surface area contributed by atoms with Crippen LogP contribution >= 0.6 is 0 Å². The number of hydrogen-bond acceptors (Lipinski definition) is 5. The van der Waals surface area contributed by atoms with Gasteiger partial charge in [-0.15, -0.1) is 0 Å². The minimum Gasteiger partial charge on any atom is -0.493 e. The van der Waals surface area contributed by atoms with Gasteiger partial charge in [-0.3, -0.25) is 4.79 Å². The summed E-state index contributed by atoms with van der Waals surface area (Å²) in [5.41, 5.74) is 1.66. The number of nitrogens with one attached hydrogen (secondary N) is 2. The molecule has 1 aromatic rings. The van der Waals surface area contributed by atoms with Crippen LogP contribution in [0, 0.1) is 0 Å². The summed E-state index contributed by atoms with van der Waals surface area (Å²) in [6.45, 7) is 5.65. The largest absolute Gasteiger partial charge is 0.493 e. The molecule has 2 aliphatic rings. The minimum atomic E-state index is -0.0883. The summed E-state index contributed by atoms with van der Waals surface area (Å²) in [4.78, 5) is 14.1. The van der Waals surface area contributed by atoms with E-state index >= 15 is 0 Å². The Balaban J connectivity index is 1.66. The lowest BCUT2D eigenvalue weighted by atomic mass is 10.2. The minimum absolute atomic E-state index is 0.0883. The number of nitrogens with zero attached hydrogens (tertiary/aromatic N) is 1. The van der Waals surface area contributed by atoms with Crippen molar-refractivity contribution in [2.24, 2.45) is 0 Å². The first-order valence-corrected chi connectivity index (χ1v) is 10.3. The molecule has 6 heteroatoms. The van der Waals surface area contributed by atoms with Crippen molar-refractivity contribution in [1.29, 1.82) is 0 Å². The van der Waals surface area contributed by atoms with Gasteiger partial charge in [-0.1, -0.05) is 12.8 Å². The van der Waals surface area contributed by atoms with Gasteiger partial charge in [0.15, 0.2) is 11.5 Å². The Morgan fingerprint density at radius 1 is 1.11 bits per heavy atom. The van der Waals surface area contributed by atoms with Crippen molar-refractivity contribution >= 4 is 17.3 Å². The highest BCUT2D eigenvalue weighted by Crippen LogP contribution is 2.38. The Morgan fingerprint density at radius 2 is 1.81 bits per heavy atom. The van der Waals surface area contributed by atoms with Gasteiger partial charge in [0.25, 0.3) is 0 Å². The van der Waals surface area contributed by atoms with Crippen LogP contribution in [0.1, 0.15) is 51.9 Å². The van der Waals surface area contributed by atoms with E-state index in [2.05, 4.69) is 15.5 Å². The van der Waals surface area contributed by atoms with Crippen LogP contribution in [0.25, 0.3) is 0 Å². The molecule has 0 aromatic heterocycles. The fourth-order valence-corrected chi connectivity index (χ4v) is 4.01. The number of carbonyl (C=O) groups excluding carboxylic acids is 1. The van der Waals surface area contributed by atoms with Crippen molar-refractivity contribution < 1.29 is 14.3 Å². The number of benzene rings is 1. The number of anilines is 2. The van der Waals surface area contributed by atoms with Crippen LogP contribution in [0.15, 0.2) is 12.1 Å². The van der Waals surface area contributed by atoms with Gasteiger partial charge in [-0.05, 0) is 45.2 Å². The quantitative estimate of drug-likeness (QED) is 0.642. The van der Waals surface area contributed by atoms with Gasteiger partial charge < -0.3 is 25.0 Å². The standard InChI is InChI=1S/C21H33N3O3/c1-16(25)22-18-15-21(27-13-7-12-24-10-5-6-11-24)20(26-2)14-19(18)23-17-8-3-4-9-17/h14-15,17,23H,3-13H2,1-2H3,(H,22,25). The second kappa shape index (κ2) is 9.83. The van der Waals surface area contributed by atoms with Crippen LogP contribution in [0.5, 0.6) is 11.5 Å². The first-order chi connectivity index (χ1) is 13.2. The third kappa shape index (κ3) is 5.76. The molecule has 1 aromatic carbocycles. The molecular formula is C21H33N3O3. The smallest absolute Gasteiger partial charge is 0.221 e. The molecule has 0 bridgehead atoms. The van der Waals surface area contributed by atoms with Crippen molar-refractivity contribution in [3.05, 3.63) is 12.1 Å². The van der Waals surface area contributed by atoms with Gasteiger partial charge in [-0.25, -0.2) is 0 Å². The maximum atomic E-state index is 11.7. The first-order valence-electron chi connectivity index (χ1n) is 10.3. The van der Waals surface area contributed by atoms with Gasteiger partial charge in [0.05, 0.1) is 25.1 Å². The van der Waals surface area contributed by atoms with Crippen LogP contribution < -0.4 is 20.1 Å². The molecule has 150 valence electrons. The Hall–Kier alpha value is -1.95. The fourth-order valence-electron chi connectivity index (χ4n) is 4.01. The third-order valence-corrected chi connectivity index (χ3v) is 5.40. The Labute approximate surface area is 162 Å². The highest BCUT2D eigenvalue weighted by atomic mass is 16.5. The summed E-state index contributed by atoms with van der Waals surface area (Å²) >= 11 is 0. The van der Waals surface area contributed by atoms with Crippen molar-refractivity contribution in [2.75, 3.05) is 44.0 Å². The van der Waals surface area contributed by atoms with Gasteiger partial charge in [0.1, 0.15) is 0 Å². The van der Waals surface area contributed by atoms with Crippen molar-refractivity contribution in [3.63, 3.8) is 0 Å². The van der Waals surface area contributed by atoms with E-state index in [9.17, 15) is 4.79 Å². The lowest BCUT2D eigenvalue weighted by molar-refractivity contribution is -0.114. The van der Waals surface area contributed by atoms with Crippen LogP contribution in [-0.2, 0) is 4.79 Å². The average Bonchev–Trinajstić information content (AvgIpc) is 3.34. The number of rotatable bonds is 9. The molecule has 1 heterocycles. The van der Waals surface area contributed by atoms with Gasteiger partial charge in [0.2, 0.25) is 5.91 Å². The fraction of sp³-hybridized carbons (Fsp3) is 0.667. The van der Waals surface area contributed by atoms with E-state index in [-0.39, 0.29) is 5.91 Å². The summed E-state index contributed by atoms with van der Waals surface area (Å²) in [5.74, 6) is 1.29. The topological polar surface area (TPSA) is 62.8 Å². The first kappa shape index (κ1) is 19.8. The molecule has 27 heavy (non-hydrogen) atoms. The second-order valence-corrected chi connectivity index (χ2v) is 7.61. The van der Waals surface area contributed by atoms with Gasteiger partial charge in [0, 0.05) is 31.6 Å². The maximum absolute atomic E-state index is 11.7. The molecule has 2 fully saturated rings. The van der Waals surface area contributed by atoms with E-state index in [0.717, 1.165) is 37.2 Å². The normalized spacial score (nSPS) is 17.9. The number of hydrogen-bond donors (Lipinski definition) is 2.